The normalized spacial score (nSPS) is 24.0. The fourth-order valence-electron chi connectivity index (χ4n) is 5.76. The minimum atomic E-state index is -4.36. The van der Waals surface area contributed by atoms with Gasteiger partial charge in [-0.25, -0.2) is 0 Å². The molecule has 1 aliphatic heterocycles. The molecule has 38 heavy (non-hydrogen) atoms. The van der Waals surface area contributed by atoms with E-state index in [4.69, 9.17) is 0 Å². The van der Waals surface area contributed by atoms with E-state index in [9.17, 15) is 27.9 Å². The number of carbonyl (C=O) groups excluding carboxylic acids is 2. The van der Waals surface area contributed by atoms with Gasteiger partial charge in [0.2, 0.25) is 11.8 Å². The van der Waals surface area contributed by atoms with Crippen molar-refractivity contribution in [1.29, 1.82) is 0 Å². The molecule has 0 radical (unpaired) electrons. The third kappa shape index (κ3) is 5.29. The van der Waals surface area contributed by atoms with E-state index in [-0.39, 0.29) is 43.3 Å². The summed E-state index contributed by atoms with van der Waals surface area (Å²) in [6, 6.07) is 7.36. The standard InChI is InChI=1S/C28H33F3N4O3/c29-28(30,31)27(12-13-27)19-8-10-21(11-9-19)35(26(38)23-15-22(36)17-33-23)24(18-5-4-14-32-16-18)25(37)34-20-6-2-1-3-7-20/h4-5,8-11,14,16,20,22-24,33,36H,1-3,6-7,12-13,15,17H2,(H,34,37). The fourth-order valence-corrected chi connectivity index (χ4v) is 5.76. The number of hydrogen-bond donors (Lipinski definition) is 3. The first-order valence-corrected chi connectivity index (χ1v) is 13.3. The first-order valence-electron chi connectivity index (χ1n) is 13.3. The van der Waals surface area contributed by atoms with E-state index in [0.29, 0.717) is 11.3 Å². The highest BCUT2D eigenvalue weighted by Crippen LogP contribution is 2.59. The minimum Gasteiger partial charge on any atom is -0.392 e. The highest BCUT2D eigenvalue weighted by molar-refractivity contribution is 6.04. The van der Waals surface area contributed by atoms with Crippen LogP contribution in [0.2, 0.25) is 0 Å². The molecule has 3 fully saturated rings. The molecule has 3 aliphatic rings. The van der Waals surface area contributed by atoms with Gasteiger partial charge < -0.3 is 15.7 Å². The smallest absolute Gasteiger partial charge is 0.392 e. The summed E-state index contributed by atoms with van der Waals surface area (Å²) in [5.74, 6) is -0.797. The number of aromatic nitrogens is 1. The molecule has 3 atom stereocenters. The Morgan fingerprint density at radius 2 is 1.82 bits per heavy atom. The first-order chi connectivity index (χ1) is 18.2. The molecule has 5 rings (SSSR count). The monoisotopic (exact) mass is 530 g/mol. The van der Waals surface area contributed by atoms with Gasteiger partial charge in [0.15, 0.2) is 0 Å². The molecule has 2 aliphatic carbocycles. The number of β-amino-alcohol motifs (C(OH)–C–C–N with tert-alkyl or cyclic N) is 1. The number of rotatable bonds is 7. The number of benzene rings is 1. The topological polar surface area (TPSA) is 94.6 Å². The van der Waals surface area contributed by atoms with E-state index in [1.165, 1.54) is 35.4 Å². The molecule has 1 aromatic carbocycles. The molecule has 2 heterocycles. The Morgan fingerprint density at radius 3 is 2.37 bits per heavy atom. The fraction of sp³-hybridized carbons (Fsp3) is 0.536. The second-order valence-electron chi connectivity index (χ2n) is 10.7. The van der Waals surface area contributed by atoms with Gasteiger partial charge in [-0.2, -0.15) is 13.2 Å². The molecule has 1 saturated heterocycles. The number of alkyl halides is 3. The number of halogens is 3. The molecular weight excluding hydrogens is 497 g/mol. The van der Waals surface area contributed by atoms with Crippen LogP contribution in [0.1, 0.15) is 68.5 Å². The van der Waals surface area contributed by atoms with E-state index < -0.39 is 35.7 Å². The predicted molar refractivity (Wildman–Crippen MR) is 135 cm³/mol. The zero-order chi connectivity index (χ0) is 26.9. The number of anilines is 1. The summed E-state index contributed by atoms with van der Waals surface area (Å²) in [4.78, 5) is 33.3. The lowest BCUT2D eigenvalue weighted by molar-refractivity contribution is -0.160. The zero-order valence-electron chi connectivity index (χ0n) is 21.1. The van der Waals surface area contributed by atoms with Gasteiger partial charge in [-0.15, -0.1) is 0 Å². The number of amides is 2. The van der Waals surface area contributed by atoms with Crippen LogP contribution in [-0.4, -0.2) is 52.8 Å². The van der Waals surface area contributed by atoms with Crippen molar-refractivity contribution >= 4 is 17.5 Å². The van der Waals surface area contributed by atoms with Crippen molar-refractivity contribution in [2.45, 2.75) is 87.2 Å². The van der Waals surface area contributed by atoms with Gasteiger partial charge in [0.25, 0.3) is 0 Å². The predicted octanol–water partition coefficient (Wildman–Crippen LogP) is 3.92. The van der Waals surface area contributed by atoms with Gasteiger partial charge in [0, 0.05) is 36.2 Å². The van der Waals surface area contributed by atoms with Crippen LogP contribution >= 0.6 is 0 Å². The average molecular weight is 531 g/mol. The molecule has 0 spiro atoms. The maximum absolute atomic E-state index is 13.9. The third-order valence-corrected chi connectivity index (χ3v) is 8.09. The Labute approximate surface area is 219 Å². The number of pyridine rings is 1. The van der Waals surface area contributed by atoms with Crippen LogP contribution in [0.5, 0.6) is 0 Å². The maximum atomic E-state index is 13.9. The molecule has 204 valence electrons. The van der Waals surface area contributed by atoms with Crippen LogP contribution in [0.3, 0.4) is 0 Å². The Morgan fingerprint density at radius 1 is 1.11 bits per heavy atom. The summed E-state index contributed by atoms with van der Waals surface area (Å²) >= 11 is 0. The van der Waals surface area contributed by atoms with Crippen LogP contribution < -0.4 is 15.5 Å². The molecule has 2 saturated carbocycles. The Bertz CT molecular complexity index is 1130. The number of aliphatic hydroxyl groups is 1. The third-order valence-electron chi connectivity index (χ3n) is 8.09. The lowest BCUT2D eigenvalue weighted by atomic mass is 9.94. The largest absolute Gasteiger partial charge is 0.398 e. The van der Waals surface area contributed by atoms with Crippen LogP contribution in [0, 0.1) is 0 Å². The Kier molecular flexibility index (Phi) is 7.46. The molecule has 1 aromatic heterocycles. The summed E-state index contributed by atoms with van der Waals surface area (Å²) in [5, 5.41) is 16.2. The quantitative estimate of drug-likeness (QED) is 0.505. The van der Waals surface area contributed by atoms with Gasteiger partial charge in [0.05, 0.1) is 17.6 Å². The SMILES string of the molecule is O=C(NC1CCCCC1)C(c1cccnc1)N(C(=O)C1CC(O)CN1)c1ccc(C2(C(F)(F)F)CC2)cc1. The maximum Gasteiger partial charge on any atom is 0.398 e. The average Bonchev–Trinajstić information content (AvgIpc) is 3.63. The van der Waals surface area contributed by atoms with Gasteiger partial charge >= 0.3 is 6.18 Å². The number of carbonyl (C=O) groups is 2. The van der Waals surface area contributed by atoms with Crippen molar-refractivity contribution < 1.29 is 27.9 Å². The first kappa shape index (κ1) is 26.6. The number of nitrogens with zero attached hydrogens (tertiary/aromatic N) is 2. The van der Waals surface area contributed by atoms with E-state index in [1.807, 2.05) is 0 Å². The van der Waals surface area contributed by atoms with Crippen molar-refractivity contribution in [3.05, 3.63) is 59.9 Å². The summed E-state index contributed by atoms with van der Waals surface area (Å²) in [6.07, 6.45) is 3.12. The molecule has 7 nitrogen and oxygen atoms in total. The molecule has 3 unspecified atom stereocenters. The molecular formula is C28H33F3N4O3. The number of nitrogens with one attached hydrogen (secondary N) is 2. The van der Waals surface area contributed by atoms with E-state index >= 15 is 0 Å². The lowest BCUT2D eigenvalue weighted by Gasteiger charge is -2.35. The Hall–Kier alpha value is -2.98. The summed E-state index contributed by atoms with van der Waals surface area (Å²) < 4.78 is 41.2. The van der Waals surface area contributed by atoms with Crippen molar-refractivity contribution in [2.75, 3.05) is 11.4 Å². The second-order valence-corrected chi connectivity index (χ2v) is 10.7. The van der Waals surface area contributed by atoms with Gasteiger partial charge in [-0.3, -0.25) is 19.5 Å². The van der Waals surface area contributed by atoms with E-state index in [0.717, 1.165) is 32.1 Å². The van der Waals surface area contributed by atoms with Crippen molar-refractivity contribution in [3.63, 3.8) is 0 Å². The van der Waals surface area contributed by atoms with Crippen LogP contribution in [0.15, 0.2) is 48.8 Å². The van der Waals surface area contributed by atoms with Crippen molar-refractivity contribution in [1.82, 2.24) is 15.6 Å². The molecule has 2 amide bonds. The highest BCUT2D eigenvalue weighted by atomic mass is 19.4. The van der Waals surface area contributed by atoms with Gasteiger partial charge in [-0.05, 0) is 55.9 Å². The summed E-state index contributed by atoms with van der Waals surface area (Å²) in [6.45, 7) is 0.239. The van der Waals surface area contributed by atoms with Crippen molar-refractivity contribution in [3.8, 4) is 0 Å². The van der Waals surface area contributed by atoms with Crippen LogP contribution in [0.4, 0.5) is 18.9 Å². The van der Waals surface area contributed by atoms with Crippen LogP contribution in [-0.2, 0) is 15.0 Å². The summed E-state index contributed by atoms with van der Waals surface area (Å²) in [7, 11) is 0. The molecule has 10 heteroatoms. The summed E-state index contributed by atoms with van der Waals surface area (Å²) in [5.41, 5.74) is -0.892. The Balaban J connectivity index is 1.53. The second kappa shape index (κ2) is 10.6. The molecule has 2 aromatic rings. The van der Waals surface area contributed by atoms with Crippen molar-refractivity contribution in [2.24, 2.45) is 0 Å². The van der Waals surface area contributed by atoms with E-state index in [2.05, 4.69) is 15.6 Å². The van der Waals surface area contributed by atoms with Gasteiger partial charge in [0.1, 0.15) is 6.04 Å². The zero-order valence-corrected chi connectivity index (χ0v) is 21.1. The van der Waals surface area contributed by atoms with E-state index in [1.54, 1.807) is 18.3 Å². The molecule has 3 N–H and O–H groups in total. The number of aliphatic hydroxyl groups excluding tert-OH is 1. The number of hydrogen-bond acceptors (Lipinski definition) is 5. The highest BCUT2D eigenvalue weighted by Gasteiger charge is 2.64. The lowest BCUT2D eigenvalue weighted by Crippen LogP contribution is -2.51. The molecule has 0 bridgehead atoms. The van der Waals surface area contributed by atoms with Crippen LogP contribution in [0.25, 0.3) is 0 Å². The minimum absolute atomic E-state index is 0.0114. The van der Waals surface area contributed by atoms with Gasteiger partial charge in [-0.1, -0.05) is 37.5 Å².